The van der Waals surface area contributed by atoms with Gasteiger partial charge in [-0.25, -0.2) is 13.2 Å². The molecular formula is C12H15NO6S. The van der Waals surface area contributed by atoms with Crippen molar-refractivity contribution in [1.29, 1.82) is 0 Å². The van der Waals surface area contributed by atoms with Crippen LogP contribution < -0.4 is 4.72 Å². The Kier molecular flexibility index (Phi) is 5.09. The van der Waals surface area contributed by atoms with Crippen LogP contribution >= 0.6 is 0 Å². The zero-order chi connectivity index (χ0) is 15.3. The molecule has 1 aromatic rings. The molecule has 1 unspecified atom stereocenters. The number of rotatable bonds is 5. The van der Waals surface area contributed by atoms with Gasteiger partial charge in [-0.1, -0.05) is 6.07 Å². The third kappa shape index (κ3) is 3.70. The third-order valence-electron chi connectivity index (χ3n) is 2.54. The molecule has 8 heteroatoms. The number of carbonyl (C=O) groups excluding carboxylic acids is 2. The van der Waals surface area contributed by atoms with E-state index in [1.807, 2.05) is 0 Å². The number of ether oxygens (including phenoxy) is 2. The van der Waals surface area contributed by atoms with Gasteiger partial charge in [0.05, 0.1) is 19.8 Å². The first kappa shape index (κ1) is 16.0. The normalized spacial score (nSPS) is 12.3. The van der Waals surface area contributed by atoms with Gasteiger partial charge in [0.1, 0.15) is 0 Å². The van der Waals surface area contributed by atoms with Gasteiger partial charge < -0.3 is 9.47 Å². The van der Waals surface area contributed by atoms with Crippen LogP contribution in [0.5, 0.6) is 0 Å². The van der Waals surface area contributed by atoms with E-state index in [0.717, 1.165) is 7.11 Å². The summed E-state index contributed by atoms with van der Waals surface area (Å²) in [5.41, 5.74) is 0.349. The predicted molar refractivity (Wildman–Crippen MR) is 71.8 cm³/mol. The molecule has 0 aliphatic carbocycles. The van der Waals surface area contributed by atoms with Crippen molar-refractivity contribution in [2.24, 2.45) is 0 Å². The van der Waals surface area contributed by atoms with E-state index in [0.29, 0.717) is 0 Å². The average molecular weight is 301 g/mol. The molecule has 0 aromatic heterocycles. The summed E-state index contributed by atoms with van der Waals surface area (Å²) in [4.78, 5) is 22.6. The Bertz CT molecular complexity index is 610. The van der Waals surface area contributed by atoms with Crippen molar-refractivity contribution in [2.45, 2.75) is 12.2 Å². The molecule has 0 aliphatic rings. The van der Waals surface area contributed by atoms with Gasteiger partial charge >= 0.3 is 11.9 Å². The van der Waals surface area contributed by atoms with E-state index >= 15 is 0 Å². The molecule has 0 spiro atoms. The van der Waals surface area contributed by atoms with Crippen molar-refractivity contribution < 1.29 is 27.5 Å². The summed E-state index contributed by atoms with van der Waals surface area (Å²) in [6, 6.07) is 5.74. The maximum Gasteiger partial charge on any atom is 0.337 e. The molecule has 0 bridgehead atoms. The minimum Gasteiger partial charge on any atom is -0.468 e. The van der Waals surface area contributed by atoms with Gasteiger partial charge in [-0.3, -0.25) is 9.52 Å². The summed E-state index contributed by atoms with van der Waals surface area (Å²) < 4.78 is 35.0. The minimum absolute atomic E-state index is 0.156. The lowest BCUT2D eigenvalue weighted by molar-refractivity contribution is -0.139. The third-order valence-corrected chi connectivity index (χ3v) is 4.19. The van der Waals surface area contributed by atoms with Crippen molar-refractivity contribution in [2.75, 3.05) is 18.9 Å². The molecule has 7 nitrogen and oxygen atoms in total. The fourth-order valence-corrected chi connectivity index (χ4v) is 2.35. The zero-order valence-corrected chi connectivity index (χ0v) is 12.1. The standard InChI is InChI=1S/C12H15NO6S/c1-8(11(14)18-2)20(16,17)13-10-6-4-5-9(7-10)12(15)19-3/h4-8,13H,1-3H3. The Morgan fingerprint density at radius 1 is 1.20 bits per heavy atom. The van der Waals surface area contributed by atoms with E-state index in [4.69, 9.17) is 0 Å². The van der Waals surface area contributed by atoms with Crippen LogP contribution in [-0.4, -0.2) is 39.8 Å². The fraction of sp³-hybridized carbons (Fsp3) is 0.333. The van der Waals surface area contributed by atoms with Gasteiger partial charge in [0.25, 0.3) is 0 Å². The fourth-order valence-electron chi connectivity index (χ4n) is 1.37. The minimum atomic E-state index is -3.95. The quantitative estimate of drug-likeness (QED) is 0.807. The van der Waals surface area contributed by atoms with Crippen LogP contribution in [0.4, 0.5) is 5.69 Å². The number of carbonyl (C=O) groups is 2. The molecule has 0 aliphatic heterocycles. The summed E-state index contributed by atoms with van der Waals surface area (Å²) in [6.45, 7) is 1.21. The summed E-state index contributed by atoms with van der Waals surface area (Å²) >= 11 is 0. The number of esters is 2. The molecule has 110 valence electrons. The average Bonchev–Trinajstić information content (AvgIpc) is 2.44. The largest absolute Gasteiger partial charge is 0.468 e. The van der Waals surface area contributed by atoms with E-state index < -0.39 is 27.2 Å². The predicted octanol–water partition coefficient (Wildman–Crippen LogP) is 0.776. The Labute approximate surface area is 116 Å². The molecule has 0 saturated heterocycles. The SMILES string of the molecule is COC(=O)c1cccc(NS(=O)(=O)C(C)C(=O)OC)c1. The van der Waals surface area contributed by atoms with E-state index in [1.165, 1.54) is 38.3 Å². The Morgan fingerprint density at radius 3 is 2.40 bits per heavy atom. The monoisotopic (exact) mass is 301 g/mol. The molecule has 1 atom stereocenters. The topological polar surface area (TPSA) is 98.8 Å². The second-order valence-electron chi connectivity index (χ2n) is 3.88. The molecular weight excluding hydrogens is 286 g/mol. The first-order chi connectivity index (χ1) is 9.31. The second-order valence-corrected chi connectivity index (χ2v) is 5.89. The molecule has 0 fully saturated rings. The molecule has 0 saturated carbocycles. The number of anilines is 1. The molecule has 1 rings (SSSR count). The first-order valence-electron chi connectivity index (χ1n) is 5.59. The van der Waals surface area contributed by atoms with Crippen molar-refractivity contribution in [3.63, 3.8) is 0 Å². The van der Waals surface area contributed by atoms with E-state index in [9.17, 15) is 18.0 Å². The molecule has 20 heavy (non-hydrogen) atoms. The van der Waals surface area contributed by atoms with E-state index in [2.05, 4.69) is 14.2 Å². The van der Waals surface area contributed by atoms with Crippen LogP contribution in [0.2, 0.25) is 0 Å². The maximum absolute atomic E-state index is 11.9. The van der Waals surface area contributed by atoms with Gasteiger partial charge in [0.15, 0.2) is 5.25 Å². The second kappa shape index (κ2) is 6.38. The van der Waals surface area contributed by atoms with Crippen LogP contribution in [0.1, 0.15) is 17.3 Å². The molecule has 0 radical (unpaired) electrons. The van der Waals surface area contributed by atoms with Crippen LogP contribution in [-0.2, 0) is 24.3 Å². The van der Waals surface area contributed by atoms with Crippen molar-refractivity contribution in [1.82, 2.24) is 0 Å². The van der Waals surface area contributed by atoms with Crippen molar-refractivity contribution in [3.05, 3.63) is 29.8 Å². The van der Waals surface area contributed by atoms with Gasteiger partial charge in [0, 0.05) is 5.69 Å². The lowest BCUT2D eigenvalue weighted by Crippen LogP contribution is -2.33. The van der Waals surface area contributed by atoms with Gasteiger partial charge in [-0.05, 0) is 25.1 Å². The van der Waals surface area contributed by atoms with Crippen LogP contribution in [0.3, 0.4) is 0 Å². The summed E-state index contributed by atoms with van der Waals surface area (Å²) in [7, 11) is -1.63. The number of benzene rings is 1. The molecule has 0 amide bonds. The highest BCUT2D eigenvalue weighted by Gasteiger charge is 2.28. The molecule has 1 N–H and O–H groups in total. The number of hydrogen-bond donors (Lipinski definition) is 1. The van der Waals surface area contributed by atoms with Crippen molar-refractivity contribution in [3.8, 4) is 0 Å². The summed E-state index contributed by atoms with van der Waals surface area (Å²) in [6.07, 6.45) is 0. The van der Waals surface area contributed by atoms with Gasteiger partial charge in [0.2, 0.25) is 10.0 Å². The van der Waals surface area contributed by atoms with Crippen molar-refractivity contribution >= 4 is 27.6 Å². The number of hydrogen-bond acceptors (Lipinski definition) is 6. The highest BCUT2D eigenvalue weighted by atomic mass is 32.2. The Balaban J connectivity index is 2.98. The smallest absolute Gasteiger partial charge is 0.337 e. The van der Waals surface area contributed by atoms with Crippen LogP contribution in [0.15, 0.2) is 24.3 Å². The van der Waals surface area contributed by atoms with E-state index in [-0.39, 0.29) is 11.3 Å². The highest BCUT2D eigenvalue weighted by molar-refractivity contribution is 7.94. The number of nitrogens with one attached hydrogen (secondary N) is 1. The number of methoxy groups -OCH3 is 2. The lowest BCUT2D eigenvalue weighted by atomic mass is 10.2. The first-order valence-corrected chi connectivity index (χ1v) is 7.14. The lowest BCUT2D eigenvalue weighted by Gasteiger charge is -2.13. The Hall–Kier alpha value is -2.09. The van der Waals surface area contributed by atoms with Crippen LogP contribution in [0, 0.1) is 0 Å². The maximum atomic E-state index is 11.9. The van der Waals surface area contributed by atoms with Crippen LogP contribution in [0.25, 0.3) is 0 Å². The highest BCUT2D eigenvalue weighted by Crippen LogP contribution is 2.15. The molecule has 0 heterocycles. The zero-order valence-electron chi connectivity index (χ0n) is 11.2. The summed E-state index contributed by atoms with van der Waals surface area (Å²) in [5, 5.41) is -1.37. The van der Waals surface area contributed by atoms with Gasteiger partial charge in [-0.15, -0.1) is 0 Å². The molecule has 1 aromatic carbocycles. The summed E-state index contributed by atoms with van der Waals surface area (Å²) in [5.74, 6) is -1.46. The Morgan fingerprint density at radius 2 is 1.85 bits per heavy atom. The van der Waals surface area contributed by atoms with E-state index in [1.54, 1.807) is 0 Å². The van der Waals surface area contributed by atoms with Gasteiger partial charge in [-0.2, -0.15) is 0 Å². The number of sulfonamides is 1.